The summed E-state index contributed by atoms with van der Waals surface area (Å²) in [5, 5.41) is 9.03. The summed E-state index contributed by atoms with van der Waals surface area (Å²) >= 11 is 0. The number of benzene rings is 1. The van der Waals surface area contributed by atoms with Gasteiger partial charge in [0.25, 0.3) is 5.91 Å². The van der Waals surface area contributed by atoms with E-state index in [2.05, 4.69) is 28.1 Å². The number of carbonyl (C=O) groups excluding carboxylic acids is 5. The Kier molecular flexibility index (Phi) is 12.5. The van der Waals surface area contributed by atoms with Gasteiger partial charge in [-0.1, -0.05) is 116 Å². The number of ketones is 1. The van der Waals surface area contributed by atoms with Crippen molar-refractivity contribution in [2.75, 3.05) is 6.54 Å². The minimum absolute atomic E-state index is 0.169. The molecule has 260 valence electrons. The van der Waals surface area contributed by atoms with E-state index in [1.54, 1.807) is 0 Å². The van der Waals surface area contributed by atoms with Gasteiger partial charge in [-0.2, -0.15) is 0 Å². The Hall–Kier alpha value is -3.43. The third kappa shape index (κ3) is 10.3. The van der Waals surface area contributed by atoms with Crippen molar-refractivity contribution in [1.29, 1.82) is 0 Å². The maximum absolute atomic E-state index is 14.2. The number of carbonyl (C=O) groups is 5. The zero-order chi connectivity index (χ0) is 34.2. The second-order valence-corrected chi connectivity index (χ2v) is 15.5. The second-order valence-electron chi connectivity index (χ2n) is 15.5. The van der Waals surface area contributed by atoms with Crippen LogP contribution in [-0.4, -0.2) is 64.6 Å². The second kappa shape index (κ2) is 16.1. The Balaban J connectivity index is 0.00000157. The fourth-order valence-electron chi connectivity index (χ4n) is 7.10. The Morgan fingerprint density at radius 3 is 2.04 bits per heavy atom. The number of nitrogens with zero attached hydrogens (tertiary/aromatic N) is 1. The first-order chi connectivity index (χ1) is 22.3. The average molecular weight is 652 g/mol. The Bertz CT molecular complexity index is 1250. The number of likely N-dealkylation sites (tertiary alicyclic amines) is 1. The molecule has 0 bridgehead atoms. The van der Waals surface area contributed by atoms with Gasteiger partial charge in [0.15, 0.2) is 0 Å². The highest BCUT2D eigenvalue weighted by molar-refractivity contribution is 6.37. The van der Waals surface area contributed by atoms with Crippen molar-refractivity contribution in [2.24, 2.45) is 23.0 Å². The predicted octanol–water partition coefficient (Wildman–Crippen LogP) is 4.78. The molecule has 1 heterocycles. The van der Waals surface area contributed by atoms with Crippen LogP contribution in [0.25, 0.3) is 0 Å². The van der Waals surface area contributed by atoms with E-state index < -0.39 is 52.7 Å². The largest absolute Gasteiger partial charge is 0.363 e. The average Bonchev–Trinajstić information content (AvgIpc) is 3.84. The van der Waals surface area contributed by atoms with Crippen molar-refractivity contribution in [3.8, 4) is 0 Å². The monoisotopic (exact) mass is 651 g/mol. The number of rotatable bonds is 11. The van der Waals surface area contributed by atoms with Gasteiger partial charge in [-0.25, -0.2) is 4.79 Å². The van der Waals surface area contributed by atoms with Gasteiger partial charge in [0.2, 0.25) is 17.6 Å². The first kappa shape index (κ1) is 36.4. The molecule has 4 fully saturated rings. The first-order valence-electron chi connectivity index (χ1n) is 17.9. The number of primary amides is 1. The van der Waals surface area contributed by atoms with Crippen LogP contribution in [0.4, 0.5) is 4.79 Å². The molecule has 1 aromatic rings. The lowest BCUT2D eigenvalue weighted by molar-refractivity contribution is -0.144. The van der Waals surface area contributed by atoms with Crippen LogP contribution >= 0.6 is 0 Å². The molecule has 1 saturated heterocycles. The summed E-state index contributed by atoms with van der Waals surface area (Å²) in [7, 11) is 0. The van der Waals surface area contributed by atoms with E-state index in [0.717, 1.165) is 56.9 Å². The SMILES string of the molecule is C1CC1.CC1CCN(C(=O)C(NC(=O)NC2(Cc3ccccc3)CCCCC2)C(C)(C)C)C1C(=O)NC(CC1CCC1)C(=O)C(N)=O. The van der Waals surface area contributed by atoms with Crippen molar-refractivity contribution in [1.82, 2.24) is 20.9 Å². The molecular weight excluding hydrogens is 594 g/mol. The smallest absolute Gasteiger partial charge is 0.315 e. The molecule has 1 aliphatic heterocycles. The van der Waals surface area contributed by atoms with E-state index in [1.165, 1.54) is 24.2 Å². The topological polar surface area (TPSA) is 151 Å². The lowest BCUT2D eigenvalue weighted by atomic mass is 9.77. The van der Waals surface area contributed by atoms with E-state index in [0.29, 0.717) is 25.8 Å². The Labute approximate surface area is 280 Å². The number of nitrogens with one attached hydrogen (secondary N) is 3. The van der Waals surface area contributed by atoms with E-state index in [4.69, 9.17) is 5.73 Å². The minimum atomic E-state index is -1.08. The van der Waals surface area contributed by atoms with Gasteiger partial charge in [-0.15, -0.1) is 0 Å². The first-order valence-corrected chi connectivity index (χ1v) is 17.9. The van der Waals surface area contributed by atoms with Gasteiger partial charge in [0.1, 0.15) is 12.1 Å². The Morgan fingerprint density at radius 2 is 1.51 bits per heavy atom. The molecule has 3 aliphatic carbocycles. The third-order valence-electron chi connectivity index (χ3n) is 10.2. The predicted molar refractivity (Wildman–Crippen MR) is 182 cm³/mol. The Morgan fingerprint density at radius 1 is 0.894 bits per heavy atom. The number of nitrogens with two attached hydrogens (primary N) is 1. The molecule has 4 atom stereocenters. The number of hydrogen-bond acceptors (Lipinski definition) is 5. The van der Waals surface area contributed by atoms with Crippen LogP contribution in [0.5, 0.6) is 0 Å². The zero-order valence-corrected chi connectivity index (χ0v) is 28.9. The highest BCUT2D eigenvalue weighted by Crippen LogP contribution is 2.34. The van der Waals surface area contributed by atoms with Crippen LogP contribution in [0.1, 0.15) is 117 Å². The van der Waals surface area contributed by atoms with Crippen molar-refractivity contribution in [3.05, 3.63) is 35.9 Å². The lowest BCUT2D eigenvalue weighted by Gasteiger charge is -2.40. The summed E-state index contributed by atoms with van der Waals surface area (Å²) in [5.41, 5.74) is 5.42. The molecule has 0 radical (unpaired) electrons. The van der Waals surface area contributed by atoms with Gasteiger partial charge >= 0.3 is 6.03 Å². The highest BCUT2D eigenvalue weighted by Gasteiger charge is 2.46. The molecule has 5 rings (SSSR count). The molecule has 47 heavy (non-hydrogen) atoms. The van der Waals surface area contributed by atoms with Gasteiger partial charge in [-0.3, -0.25) is 19.2 Å². The van der Waals surface area contributed by atoms with Crippen molar-refractivity contribution in [3.63, 3.8) is 0 Å². The molecule has 10 nitrogen and oxygen atoms in total. The summed E-state index contributed by atoms with van der Waals surface area (Å²) in [6.45, 7) is 7.93. The molecule has 0 aromatic heterocycles. The third-order valence-corrected chi connectivity index (χ3v) is 10.2. The number of amides is 5. The highest BCUT2D eigenvalue weighted by atomic mass is 16.2. The number of Topliss-reactive ketones (excluding diaryl/α,β-unsaturated/α-hetero) is 1. The summed E-state index contributed by atoms with van der Waals surface area (Å²) in [6, 6.07) is 7.02. The van der Waals surface area contributed by atoms with Crippen LogP contribution in [0.2, 0.25) is 0 Å². The number of hydrogen-bond donors (Lipinski definition) is 4. The van der Waals surface area contributed by atoms with E-state index in [9.17, 15) is 24.0 Å². The van der Waals surface area contributed by atoms with Crippen molar-refractivity contribution >= 4 is 29.5 Å². The molecule has 0 spiro atoms. The van der Waals surface area contributed by atoms with Crippen molar-refractivity contribution < 1.29 is 24.0 Å². The van der Waals surface area contributed by atoms with Crippen LogP contribution < -0.4 is 21.7 Å². The molecule has 5 amide bonds. The molecule has 3 saturated carbocycles. The molecule has 5 N–H and O–H groups in total. The molecule has 1 aromatic carbocycles. The van der Waals surface area contributed by atoms with Crippen LogP contribution in [0.3, 0.4) is 0 Å². The van der Waals surface area contributed by atoms with Crippen LogP contribution in [-0.2, 0) is 25.6 Å². The molecule has 4 unspecified atom stereocenters. The standard InChI is InChI=1S/C34H51N5O5.C3H6/c1-22-16-19-39(26(22)30(42)36-25(27(40)29(35)41)20-23-14-11-15-23)31(43)28(33(2,3)4)37-32(44)38-34(17-9-6-10-18-34)21-24-12-7-5-8-13-24;1-2-3-1/h5,7-8,12-13,22-23,25-26,28H,6,9-11,14-21H2,1-4H3,(H2,35,41)(H,36,42)(H2,37,38,44);1-3H2. The molecular formula is C37H57N5O5. The van der Waals surface area contributed by atoms with Crippen molar-refractivity contribution in [2.45, 2.75) is 141 Å². The van der Waals surface area contributed by atoms with Gasteiger partial charge < -0.3 is 26.6 Å². The lowest BCUT2D eigenvalue weighted by Crippen LogP contribution is -2.63. The van der Waals surface area contributed by atoms with Crippen LogP contribution in [0, 0.1) is 17.3 Å². The fraction of sp³-hybridized carbons (Fsp3) is 0.703. The fourth-order valence-corrected chi connectivity index (χ4v) is 7.10. The van der Waals surface area contributed by atoms with E-state index in [1.807, 2.05) is 45.9 Å². The van der Waals surface area contributed by atoms with E-state index >= 15 is 0 Å². The van der Waals surface area contributed by atoms with Gasteiger partial charge in [0.05, 0.1) is 6.04 Å². The summed E-state index contributed by atoms with van der Waals surface area (Å²) < 4.78 is 0. The molecule has 10 heteroatoms. The summed E-state index contributed by atoms with van der Waals surface area (Å²) in [5.74, 6) is -2.61. The minimum Gasteiger partial charge on any atom is -0.363 e. The van der Waals surface area contributed by atoms with Gasteiger partial charge in [0, 0.05) is 12.1 Å². The summed E-state index contributed by atoms with van der Waals surface area (Å²) in [4.78, 5) is 67.4. The maximum Gasteiger partial charge on any atom is 0.315 e. The maximum atomic E-state index is 14.2. The van der Waals surface area contributed by atoms with E-state index in [-0.39, 0.29) is 17.7 Å². The van der Waals surface area contributed by atoms with Crippen LogP contribution in [0.15, 0.2) is 30.3 Å². The normalized spacial score (nSPS) is 23.2. The quantitative estimate of drug-likeness (QED) is 0.254. The summed E-state index contributed by atoms with van der Waals surface area (Å²) in [6.07, 6.45) is 14.0. The number of urea groups is 1. The zero-order valence-electron chi connectivity index (χ0n) is 28.9. The van der Waals surface area contributed by atoms with Gasteiger partial charge in [-0.05, 0) is 54.9 Å². The molecule has 4 aliphatic rings.